The summed E-state index contributed by atoms with van der Waals surface area (Å²) in [5, 5.41) is 7.15. The number of hydrogen-bond acceptors (Lipinski definition) is 9. The number of piperazine rings is 1. The molecule has 37 heavy (non-hydrogen) atoms. The number of aromatic nitrogens is 3. The number of rotatable bonds is 0. The Kier molecular flexibility index (Phi) is 7.27. The monoisotopic (exact) mass is 499 g/mol. The topological polar surface area (TPSA) is 98.5 Å². The van der Waals surface area contributed by atoms with Gasteiger partial charge in [0.2, 0.25) is 5.95 Å². The molecule has 2 atom stereocenters. The van der Waals surface area contributed by atoms with Crippen molar-refractivity contribution in [1.82, 2.24) is 30.1 Å². The summed E-state index contributed by atoms with van der Waals surface area (Å²) in [7, 11) is 0. The molecular weight excluding hydrogens is 462 g/mol. The van der Waals surface area contributed by atoms with Crippen LogP contribution in [0.1, 0.15) is 18.4 Å². The van der Waals surface area contributed by atoms with E-state index in [0.717, 1.165) is 100 Å². The van der Waals surface area contributed by atoms with Gasteiger partial charge in [0.15, 0.2) is 0 Å². The molecule has 8 heterocycles. The van der Waals surface area contributed by atoms with Crippen molar-refractivity contribution >= 4 is 17.5 Å². The van der Waals surface area contributed by atoms with Crippen LogP contribution in [0.2, 0.25) is 0 Å². The van der Waals surface area contributed by atoms with Gasteiger partial charge in [-0.15, -0.1) is 0 Å². The van der Waals surface area contributed by atoms with Crippen molar-refractivity contribution in [1.29, 1.82) is 0 Å². The van der Waals surface area contributed by atoms with E-state index in [-0.39, 0.29) is 6.04 Å². The number of anilines is 3. The second kappa shape index (κ2) is 11.1. The average Bonchev–Trinajstić information content (AvgIpc) is 3.30. The van der Waals surface area contributed by atoms with Crippen LogP contribution in [0.5, 0.6) is 0 Å². The minimum Gasteiger partial charge on any atom is -0.340 e. The average molecular weight is 500 g/mol. The largest absolute Gasteiger partial charge is 0.340 e. The molecule has 0 amide bonds. The molecule has 0 aliphatic carbocycles. The maximum atomic E-state index is 6.35. The molecule has 2 aromatic heterocycles. The van der Waals surface area contributed by atoms with Crippen molar-refractivity contribution in [2.24, 2.45) is 5.73 Å². The van der Waals surface area contributed by atoms with Gasteiger partial charge < -0.3 is 21.3 Å². The Bertz CT molecular complexity index is 1180. The molecule has 8 bridgehead atoms. The fraction of sp³-hybridized carbons (Fsp3) is 0.464. The van der Waals surface area contributed by atoms with Crippen LogP contribution in [0.15, 0.2) is 55.0 Å². The van der Waals surface area contributed by atoms with Crippen molar-refractivity contribution < 1.29 is 0 Å². The highest BCUT2D eigenvalue weighted by atomic mass is 15.3. The van der Waals surface area contributed by atoms with E-state index >= 15 is 0 Å². The van der Waals surface area contributed by atoms with E-state index in [1.165, 1.54) is 5.56 Å². The van der Waals surface area contributed by atoms with Crippen molar-refractivity contribution in [2.45, 2.75) is 31.5 Å². The van der Waals surface area contributed by atoms with Gasteiger partial charge >= 0.3 is 0 Å². The highest BCUT2D eigenvalue weighted by Crippen LogP contribution is 2.27. The first kappa shape index (κ1) is 24.2. The lowest BCUT2D eigenvalue weighted by Crippen LogP contribution is -2.47. The summed E-state index contributed by atoms with van der Waals surface area (Å²) in [4.78, 5) is 21.5. The van der Waals surface area contributed by atoms with Gasteiger partial charge in [-0.05, 0) is 54.8 Å². The van der Waals surface area contributed by atoms with Gasteiger partial charge in [0, 0.05) is 94.3 Å². The molecule has 3 aromatic rings. The number of hydrogen-bond donors (Lipinski definition) is 3. The summed E-state index contributed by atoms with van der Waals surface area (Å²) in [5.74, 6) is 1.57. The standard InChI is InChI=1S/C28H37N9/c29-24-16-26-5-6-30-8-9-35-10-12-36(13-11-35)19-21-2-1-3-25(14-21)34-27-15-22(4-7-31-27)23-17-32-28(33-18-23)37(26)20-24/h1-4,7,14-15,17-18,24,26,30H,5-6,8-13,16,19-20,29H2,(H,31,34). The van der Waals surface area contributed by atoms with Crippen LogP contribution >= 0.6 is 0 Å². The zero-order valence-corrected chi connectivity index (χ0v) is 21.4. The second-order valence-electron chi connectivity index (χ2n) is 10.5. The minimum absolute atomic E-state index is 0.162. The van der Waals surface area contributed by atoms with Crippen LogP contribution in [0.25, 0.3) is 11.1 Å². The molecule has 0 saturated carbocycles. The van der Waals surface area contributed by atoms with Crippen LogP contribution in [0.4, 0.5) is 17.5 Å². The Morgan fingerprint density at radius 3 is 2.57 bits per heavy atom. The van der Waals surface area contributed by atoms with Gasteiger partial charge in [-0.2, -0.15) is 0 Å². The lowest BCUT2D eigenvalue weighted by atomic mass is 10.1. The lowest BCUT2D eigenvalue weighted by molar-refractivity contribution is 0.128. The molecule has 9 heteroatoms. The Morgan fingerprint density at radius 1 is 0.865 bits per heavy atom. The third-order valence-electron chi connectivity index (χ3n) is 7.76. The van der Waals surface area contributed by atoms with Gasteiger partial charge in [0.25, 0.3) is 0 Å². The van der Waals surface area contributed by atoms with Gasteiger partial charge in [-0.3, -0.25) is 9.80 Å². The molecule has 4 N–H and O–H groups in total. The van der Waals surface area contributed by atoms with Crippen LogP contribution < -0.4 is 21.3 Å². The van der Waals surface area contributed by atoms with Crippen molar-refractivity contribution in [3.8, 4) is 11.1 Å². The summed E-state index contributed by atoms with van der Waals surface area (Å²) in [6.45, 7) is 9.32. The normalized spacial score (nSPS) is 26.5. The molecule has 0 radical (unpaired) electrons. The molecular formula is C28H37N9. The number of nitrogens with zero attached hydrogens (tertiary/aromatic N) is 6. The molecule has 2 unspecified atom stereocenters. The summed E-state index contributed by atoms with van der Waals surface area (Å²) in [6, 6.07) is 13.2. The summed E-state index contributed by atoms with van der Waals surface area (Å²) in [6.07, 6.45) is 7.68. The fourth-order valence-corrected chi connectivity index (χ4v) is 5.72. The molecule has 9 rings (SSSR count). The first-order valence-electron chi connectivity index (χ1n) is 13.5. The predicted molar refractivity (Wildman–Crippen MR) is 148 cm³/mol. The Balaban J connectivity index is 1.25. The number of nitrogens with two attached hydrogens (primary N) is 1. The Morgan fingerprint density at radius 2 is 1.70 bits per heavy atom. The van der Waals surface area contributed by atoms with Crippen LogP contribution in [0.3, 0.4) is 0 Å². The molecule has 9 nitrogen and oxygen atoms in total. The van der Waals surface area contributed by atoms with E-state index in [2.05, 4.69) is 60.6 Å². The molecule has 6 aliphatic heterocycles. The highest BCUT2D eigenvalue weighted by Gasteiger charge is 2.31. The Labute approximate surface area is 219 Å². The molecule has 0 spiro atoms. The van der Waals surface area contributed by atoms with Gasteiger partial charge in [-0.1, -0.05) is 12.1 Å². The molecule has 2 saturated heterocycles. The molecule has 6 aliphatic rings. The van der Waals surface area contributed by atoms with E-state index in [1.807, 2.05) is 24.7 Å². The molecule has 194 valence electrons. The summed E-state index contributed by atoms with van der Waals surface area (Å²) >= 11 is 0. The highest BCUT2D eigenvalue weighted by molar-refractivity contribution is 5.68. The van der Waals surface area contributed by atoms with E-state index in [0.29, 0.717) is 6.04 Å². The summed E-state index contributed by atoms with van der Waals surface area (Å²) < 4.78 is 0. The zero-order chi connectivity index (χ0) is 25.0. The molecule has 1 aromatic carbocycles. The number of benzene rings is 1. The van der Waals surface area contributed by atoms with Crippen molar-refractivity contribution in [3.05, 3.63) is 60.6 Å². The maximum absolute atomic E-state index is 6.35. The first-order chi connectivity index (χ1) is 18.2. The van der Waals surface area contributed by atoms with Crippen LogP contribution in [-0.2, 0) is 6.54 Å². The van der Waals surface area contributed by atoms with E-state index in [9.17, 15) is 0 Å². The lowest BCUT2D eigenvalue weighted by Gasteiger charge is -2.34. The molecule has 2 fully saturated rings. The van der Waals surface area contributed by atoms with Gasteiger partial charge in [0.1, 0.15) is 5.82 Å². The third kappa shape index (κ3) is 5.91. The smallest absolute Gasteiger partial charge is 0.225 e. The fourth-order valence-electron chi connectivity index (χ4n) is 5.72. The third-order valence-corrected chi connectivity index (χ3v) is 7.76. The van der Waals surface area contributed by atoms with Crippen molar-refractivity contribution in [2.75, 3.05) is 62.6 Å². The summed E-state index contributed by atoms with van der Waals surface area (Å²) in [5.41, 5.74) is 10.7. The van der Waals surface area contributed by atoms with E-state index in [4.69, 9.17) is 15.7 Å². The van der Waals surface area contributed by atoms with Gasteiger partial charge in [0.05, 0.1) is 0 Å². The van der Waals surface area contributed by atoms with Crippen LogP contribution in [0, 0.1) is 0 Å². The quantitative estimate of drug-likeness (QED) is 0.430. The van der Waals surface area contributed by atoms with Crippen LogP contribution in [-0.4, -0.2) is 89.2 Å². The number of pyridine rings is 1. The van der Waals surface area contributed by atoms with E-state index in [1.54, 1.807) is 0 Å². The maximum Gasteiger partial charge on any atom is 0.225 e. The Hall–Kier alpha value is -3.11. The SMILES string of the molecule is NC1CC2CCNCCN3CCN(CC3)Cc3cccc(c3)Nc3cc(ccn3)-c3cnc(nc3)N2C1. The second-order valence-corrected chi connectivity index (χ2v) is 10.5. The zero-order valence-electron chi connectivity index (χ0n) is 21.4. The number of nitrogens with one attached hydrogen (secondary N) is 2. The minimum atomic E-state index is 0.162. The van der Waals surface area contributed by atoms with E-state index < -0.39 is 0 Å². The van der Waals surface area contributed by atoms with Gasteiger partial charge in [-0.25, -0.2) is 15.0 Å². The predicted octanol–water partition coefficient (Wildman–Crippen LogP) is 2.30. The first-order valence-corrected chi connectivity index (χ1v) is 13.5. The van der Waals surface area contributed by atoms with Crippen molar-refractivity contribution in [3.63, 3.8) is 0 Å².